The standard InChI is InChI=1S/C19H28O2/c1-18(2,3)13-9-14(19(4,5)6)11-17(10-13)21-16-8-7-15(20)12-16/h9-11,16H,7-8,12H2,1-6H3. The molecular weight excluding hydrogens is 260 g/mol. The molecular formula is C19H28O2. The van der Waals surface area contributed by atoms with Crippen molar-refractivity contribution in [3.63, 3.8) is 0 Å². The molecule has 1 saturated carbocycles. The summed E-state index contributed by atoms with van der Waals surface area (Å²) in [6.07, 6.45) is 2.13. The molecule has 21 heavy (non-hydrogen) atoms. The van der Waals surface area contributed by atoms with Gasteiger partial charge >= 0.3 is 0 Å². The monoisotopic (exact) mass is 288 g/mol. The van der Waals surface area contributed by atoms with Gasteiger partial charge in [-0.25, -0.2) is 0 Å². The molecule has 0 spiro atoms. The van der Waals surface area contributed by atoms with Crippen LogP contribution in [0.5, 0.6) is 5.75 Å². The summed E-state index contributed by atoms with van der Waals surface area (Å²) in [5.41, 5.74) is 2.75. The van der Waals surface area contributed by atoms with Gasteiger partial charge in [-0.3, -0.25) is 4.79 Å². The van der Waals surface area contributed by atoms with Crippen LogP contribution in [0.3, 0.4) is 0 Å². The van der Waals surface area contributed by atoms with Gasteiger partial charge in [0.1, 0.15) is 17.6 Å². The van der Waals surface area contributed by atoms with Crippen molar-refractivity contribution < 1.29 is 9.53 Å². The van der Waals surface area contributed by atoms with E-state index in [2.05, 4.69) is 59.7 Å². The quantitative estimate of drug-likeness (QED) is 0.782. The van der Waals surface area contributed by atoms with E-state index in [-0.39, 0.29) is 16.9 Å². The van der Waals surface area contributed by atoms with E-state index < -0.39 is 0 Å². The molecule has 0 N–H and O–H groups in total. The molecule has 1 unspecified atom stereocenters. The van der Waals surface area contributed by atoms with Gasteiger partial charge in [-0.05, 0) is 40.5 Å². The number of carbonyl (C=O) groups is 1. The van der Waals surface area contributed by atoms with Gasteiger partial charge in [-0.1, -0.05) is 47.6 Å². The van der Waals surface area contributed by atoms with Crippen LogP contribution in [0.25, 0.3) is 0 Å². The van der Waals surface area contributed by atoms with Crippen molar-refractivity contribution in [2.75, 3.05) is 0 Å². The maximum atomic E-state index is 11.4. The lowest BCUT2D eigenvalue weighted by atomic mass is 9.80. The second-order valence-electron chi connectivity index (χ2n) is 8.27. The highest BCUT2D eigenvalue weighted by Crippen LogP contribution is 2.34. The van der Waals surface area contributed by atoms with Gasteiger partial charge in [-0.2, -0.15) is 0 Å². The smallest absolute Gasteiger partial charge is 0.136 e. The fourth-order valence-electron chi connectivity index (χ4n) is 2.61. The summed E-state index contributed by atoms with van der Waals surface area (Å²) in [6.45, 7) is 13.3. The Kier molecular flexibility index (Phi) is 4.19. The molecule has 1 aromatic rings. The molecule has 0 saturated heterocycles. The van der Waals surface area contributed by atoms with Gasteiger partial charge < -0.3 is 4.74 Å². The molecule has 2 heteroatoms. The van der Waals surface area contributed by atoms with Crippen molar-refractivity contribution in [2.24, 2.45) is 0 Å². The number of Topliss-reactive ketones (excluding diaryl/α,β-unsaturated/α-hetero) is 1. The van der Waals surface area contributed by atoms with E-state index in [0.29, 0.717) is 18.6 Å². The van der Waals surface area contributed by atoms with Crippen LogP contribution in [0, 0.1) is 0 Å². The van der Waals surface area contributed by atoms with Crippen molar-refractivity contribution in [2.45, 2.75) is 77.7 Å². The van der Waals surface area contributed by atoms with Gasteiger partial charge in [-0.15, -0.1) is 0 Å². The predicted octanol–water partition coefficient (Wildman–Crippen LogP) is 4.78. The lowest BCUT2D eigenvalue weighted by Crippen LogP contribution is -2.18. The Morgan fingerprint density at radius 2 is 1.48 bits per heavy atom. The van der Waals surface area contributed by atoms with Crippen molar-refractivity contribution in [3.05, 3.63) is 29.3 Å². The molecule has 116 valence electrons. The van der Waals surface area contributed by atoms with E-state index in [4.69, 9.17) is 4.74 Å². The first-order valence-corrected chi connectivity index (χ1v) is 7.90. The van der Waals surface area contributed by atoms with Crippen molar-refractivity contribution >= 4 is 5.78 Å². The molecule has 0 radical (unpaired) electrons. The zero-order valence-corrected chi connectivity index (χ0v) is 14.2. The van der Waals surface area contributed by atoms with Crippen molar-refractivity contribution in [1.29, 1.82) is 0 Å². The van der Waals surface area contributed by atoms with Crippen LogP contribution in [0.1, 0.15) is 71.9 Å². The van der Waals surface area contributed by atoms with Gasteiger partial charge in [0.25, 0.3) is 0 Å². The van der Waals surface area contributed by atoms with Gasteiger partial charge in [0.15, 0.2) is 0 Å². The maximum Gasteiger partial charge on any atom is 0.136 e. The topological polar surface area (TPSA) is 26.3 Å². The van der Waals surface area contributed by atoms with Crippen LogP contribution in [0.2, 0.25) is 0 Å². The molecule has 1 fully saturated rings. The van der Waals surface area contributed by atoms with E-state index in [1.807, 2.05) is 0 Å². The average molecular weight is 288 g/mol. The number of ketones is 1. The number of rotatable bonds is 2. The van der Waals surface area contributed by atoms with Crippen LogP contribution in [0.15, 0.2) is 18.2 Å². The second-order valence-corrected chi connectivity index (χ2v) is 8.27. The first kappa shape index (κ1) is 16.1. The zero-order valence-electron chi connectivity index (χ0n) is 14.2. The summed E-state index contributed by atoms with van der Waals surface area (Å²) in [4.78, 5) is 11.4. The Bertz CT molecular complexity index is 497. The Morgan fingerprint density at radius 3 is 1.86 bits per heavy atom. The van der Waals surface area contributed by atoms with Crippen molar-refractivity contribution in [1.82, 2.24) is 0 Å². The first-order chi connectivity index (χ1) is 9.55. The van der Waals surface area contributed by atoms with E-state index >= 15 is 0 Å². The highest BCUT2D eigenvalue weighted by atomic mass is 16.5. The highest BCUT2D eigenvalue weighted by Gasteiger charge is 2.25. The summed E-state index contributed by atoms with van der Waals surface area (Å²) < 4.78 is 6.10. The minimum absolute atomic E-state index is 0.0561. The lowest BCUT2D eigenvalue weighted by molar-refractivity contribution is -0.117. The fraction of sp³-hybridized carbons (Fsp3) is 0.632. The SMILES string of the molecule is CC(C)(C)c1cc(OC2CCC(=O)C2)cc(C(C)(C)C)c1. The lowest BCUT2D eigenvalue weighted by Gasteiger charge is -2.26. The normalized spacial score (nSPS) is 19.9. The Labute approximate surface area is 128 Å². The Balaban J connectivity index is 2.33. The van der Waals surface area contributed by atoms with Gasteiger partial charge in [0, 0.05) is 12.8 Å². The molecule has 1 aliphatic carbocycles. The molecule has 0 aromatic heterocycles. The third-order valence-electron chi connectivity index (χ3n) is 4.14. The third kappa shape index (κ3) is 4.09. The average Bonchev–Trinajstić information content (AvgIpc) is 2.72. The first-order valence-electron chi connectivity index (χ1n) is 7.90. The molecule has 1 aliphatic rings. The van der Waals surface area contributed by atoms with E-state index in [1.165, 1.54) is 11.1 Å². The van der Waals surface area contributed by atoms with Crippen molar-refractivity contribution in [3.8, 4) is 5.75 Å². The van der Waals surface area contributed by atoms with Crippen LogP contribution in [-0.4, -0.2) is 11.9 Å². The molecule has 0 amide bonds. The Morgan fingerprint density at radius 1 is 0.952 bits per heavy atom. The van der Waals surface area contributed by atoms with Crippen LogP contribution in [0.4, 0.5) is 0 Å². The van der Waals surface area contributed by atoms with Gasteiger partial charge in [0.2, 0.25) is 0 Å². The van der Waals surface area contributed by atoms with E-state index in [1.54, 1.807) is 0 Å². The number of hydrogen-bond acceptors (Lipinski definition) is 2. The number of benzene rings is 1. The highest BCUT2D eigenvalue weighted by molar-refractivity contribution is 5.81. The zero-order chi connectivity index (χ0) is 15.8. The maximum absolute atomic E-state index is 11.4. The predicted molar refractivity (Wildman–Crippen MR) is 87.1 cm³/mol. The molecule has 2 nitrogen and oxygen atoms in total. The molecule has 0 heterocycles. The number of ether oxygens (including phenoxy) is 1. The number of carbonyl (C=O) groups excluding carboxylic acids is 1. The summed E-state index contributed by atoms with van der Waals surface area (Å²) in [5, 5.41) is 0. The van der Waals surface area contributed by atoms with Crippen LogP contribution >= 0.6 is 0 Å². The van der Waals surface area contributed by atoms with E-state index in [9.17, 15) is 4.79 Å². The van der Waals surface area contributed by atoms with E-state index in [0.717, 1.165) is 12.2 Å². The summed E-state index contributed by atoms with van der Waals surface area (Å²) in [5.74, 6) is 1.23. The summed E-state index contributed by atoms with van der Waals surface area (Å²) in [7, 11) is 0. The van der Waals surface area contributed by atoms with Crippen LogP contribution in [-0.2, 0) is 15.6 Å². The molecule has 0 bridgehead atoms. The largest absolute Gasteiger partial charge is 0.490 e. The third-order valence-corrected chi connectivity index (χ3v) is 4.14. The fourth-order valence-corrected chi connectivity index (χ4v) is 2.61. The minimum Gasteiger partial charge on any atom is -0.490 e. The molecule has 2 rings (SSSR count). The molecule has 1 atom stereocenters. The number of hydrogen-bond donors (Lipinski definition) is 0. The Hall–Kier alpha value is -1.31. The molecule has 0 aliphatic heterocycles. The summed E-state index contributed by atoms with van der Waals surface area (Å²) in [6, 6.07) is 6.56. The minimum atomic E-state index is 0.0561. The molecule has 1 aromatic carbocycles. The van der Waals surface area contributed by atoms with Crippen LogP contribution < -0.4 is 4.74 Å². The van der Waals surface area contributed by atoms with Gasteiger partial charge in [0.05, 0.1) is 0 Å². The summed E-state index contributed by atoms with van der Waals surface area (Å²) >= 11 is 0. The second kappa shape index (κ2) is 5.47.